The Labute approximate surface area is 119 Å². The Morgan fingerprint density at radius 3 is 2.05 bits per heavy atom. The van der Waals surface area contributed by atoms with Crippen LogP contribution in [0, 0.1) is 5.82 Å². The molecule has 106 valence electrons. The van der Waals surface area contributed by atoms with Gasteiger partial charge in [0.25, 0.3) is 0 Å². The first-order chi connectivity index (χ1) is 9.56. The van der Waals surface area contributed by atoms with E-state index in [-0.39, 0.29) is 5.82 Å². The molecule has 0 aliphatic heterocycles. The molecule has 0 aromatic heterocycles. The van der Waals surface area contributed by atoms with Crippen LogP contribution >= 0.6 is 0 Å². The van der Waals surface area contributed by atoms with Crippen molar-refractivity contribution >= 4 is 5.69 Å². The van der Waals surface area contributed by atoms with Crippen molar-refractivity contribution in [1.29, 1.82) is 0 Å². The van der Waals surface area contributed by atoms with Crippen LogP contribution in [0.25, 0.3) is 0 Å². The molecule has 3 heteroatoms. The molecule has 0 bridgehead atoms. The normalized spacial score (nSPS) is 12.4. The van der Waals surface area contributed by atoms with Gasteiger partial charge in [0, 0.05) is 12.2 Å². The number of halogens is 1. The summed E-state index contributed by atoms with van der Waals surface area (Å²) in [7, 11) is 0. The first-order valence-corrected chi connectivity index (χ1v) is 6.83. The third-order valence-corrected chi connectivity index (χ3v) is 3.33. The van der Waals surface area contributed by atoms with Crippen molar-refractivity contribution in [3.05, 3.63) is 65.5 Å². The van der Waals surface area contributed by atoms with Gasteiger partial charge in [0.05, 0.1) is 6.10 Å². The highest BCUT2D eigenvalue weighted by Crippen LogP contribution is 2.19. The van der Waals surface area contributed by atoms with Crippen LogP contribution in [-0.4, -0.2) is 11.7 Å². The Hall–Kier alpha value is -1.87. The van der Waals surface area contributed by atoms with E-state index in [1.807, 2.05) is 24.3 Å². The maximum Gasteiger partial charge on any atom is 0.123 e. The number of aliphatic hydroxyl groups excluding tert-OH is 1. The molecule has 1 unspecified atom stereocenters. The fourth-order valence-electron chi connectivity index (χ4n) is 2.00. The molecule has 2 nitrogen and oxygen atoms in total. The Bertz CT molecular complexity index is 534. The molecule has 0 fully saturated rings. The molecule has 0 aliphatic rings. The molecule has 2 aromatic carbocycles. The number of benzene rings is 2. The molecule has 0 amide bonds. The predicted molar refractivity (Wildman–Crippen MR) is 80.4 cm³/mol. The van der Waals surface area contributed by atoms with E-state index in [4.69, 9.17) is 0 Å². The number of aliphatic hydroxyl groups is 1. The summed E-state index contributed by atoms with van der Waals surface area (Å²) in [5.74, 6) is 0.221. The number of anilines is 1. The summed E-state index contributed by atoms with van der Waals surface area (Å²) < 4.78 is 12.8. The van der Waals surface area contributed by atoms with Gasteiger partial charge in [-0.25, -0.2) is 4.39 Å². The van der Waals surface area contributed by atoms with E-state index < -0.39 is 6.10 Å². The molecular weight excluding hydrogens is 253 g/mol. The van der Waals surface area contributed by atoms with Crippen molar-refractivity contribution in [2.45, 2.75) is 25.9 Å². The average Bonchev–Trinajstić information content (AvgIpc) is 2.46. The second-order valence-electron chi connectivity index (χ2n) is 5.22. The smallest absolute Gasteiger partial charge is 0.123 e. The summed E-state index contributed by atoms with van der Waals surface area (Å²) in [5, 5.41) is 13.2. The largest absolute Gasteiger partial charge is 0.387 e. The van der Waals surface area contributed by atoms with Gasteiger partial charge in [-0.3, -0.25) is 0 Å². The maximum absolute atomic E-state index is 12.8. The first-order valence-electron chi connectivity index (χ1n) is 6.83. The van der Waals surface area contributed by atoms with E-state index >= 15 is 0 Å². The first kappa shape index (κ1) is 14.5. The lowest BCUT2D eigenvalue weighted by Gasteiger charge is -2.14. The van der Waals surface area contributed by atoms with Crippen LogP contribution in [0.15, 0.2) is 48.5 Å². The summed E-state index contributed by atoms with van der Waals surface area (Å²) in [5.41, 5.74) is 2.93. The molecule has 0 saturated heterocycles. The Balaban J connectivity index is 1.94. The molecule has 0 radical (unpaired) electrons. The molecule has 1 atom stereocenters. The predicted octanol–water partition coefficient (Wildman–Crippen LogP) is 4.09. The van der Waals surface area contributed by atoms with Gasteiger partial charge in [-0.2, -0.15) is 0 Å². The maximum atomic E-state index is 12.8. The third kappa shape index (κ3) is 3.81. The minimum Gasteiger partial charge on any atom is -0.387 e. The molecule has 20 heavy (non-hydrogen) atoms. The molecular formula is C17H20FNO. The monoisotopic (exact) mass is 273 g/mol. The number of rotatable bonds is 5. The minimum atomic E-state index is -0.582. The van der Waals surface area contributed by atoms with Crippen LogP contribution in [-0.2, 0) is 0 Å². The van der Waals surface area contributed by atoms with Gasteiger partial charge in [0.1, 0.15) is 5.82 Å². The van der Waals surface area contributed by atoms with Gasteiger partial charge in [-0.15, -0.1) is 0 Å². The summed E-state index contributed by atoms with van der Waals surface area (Å²) in [6.45, 7) is 4.68. The molecule has 2 N–H and O–H groups in total. The van der Waals surface area contributed by atoms with Crippen LogP contribution in [0.5, 0.6) is 0 Å². The number of hydrogen-bond acceptors (Lipinski definition) is 2. The fourth-order valence-corrected chi connectivity index (χ4v) is 2.00. The summed E-state index contributed by atoms with van der Waals surface area (Å²) in [4.78, 5) is 0. The van der Waals surface area contributed by atoms with Crippen molar-refractivity contribution in [1.82, 2.24) is 0 Å². The molecule has 0 spiro atoms. The minimum absolute atomic E-state index is 0.264. The van der Waals surface area contributed by atoms with Crippen LogP contribution in [0.4, 0.5) is 10.1 Å². The quantitative estimate of drug-likeness (QED) is 0.859. The molecule has 2 aromatic rings. The van der Waals surface area contributed by atoms with Crippen molar-refractivity contribution in [3.63, 3.8) is 0 Å². The highest BCUT2D eigenvalue weighted by atomic mass is 19.1. The molecule has 2 rings (SSSR count). The number of hydrogen-bond donors (Lipinski definition) is 2. The lowest BCUT2D eigenvalue weighted by atomic mass is 10.00. The van der Waals surface area contributed by atoms with Crippen LogP contribution in [0.1, 0.15) is 37.0 Å². The van der Waals surface area contributed by atoms with Crippen molar-refractivity contribution < 1.29 is 9.50 Å². The van der Waals surface area contributed by atoms with E-state index in [0.29, 0.717) is 12.5 Å². The Morgan fingerprint density at radius 1 is 0.950 bits per heavy atom. The van der Waals surface area contributed by atoms with Gasteiger partial charge in [0.15, 0.2) is 0 Å². The van der Waals surface area contributed by atoms with Crippen molar-refractivity contribution in [2.75, 3.05) is 11.9 Å². The average molecular weight is 273 g/mol. The Morgan fingerprint density at radius 2 is 1.50 bits per heavy atom. The highest BCUT2D eigenvalue weighted by Gasteiger charge is 2.08. The fraction of sp³-hybridized carbons (Fsp3) is 0.294. The lowest BCUT2D eigenvalue weighted by molar-refractivity contribution is 0.191. The van der Waals surface area contributed by atoms with Gasteiger partial charge < -0.3 is 10.4 Å². The molecule has 0 saturated carbocycles. The molecule has 0 aliphatic carbocycles. The van der Waals surface area contributed by atoms with Gasteiger partial charge in [-0.1, -0.05) is 38.1 Å². The summed E-state index contributed by atoms with van der Waals surface area (Å²) in [6, 6.07) is 14.1. The topological polar surface area (TPSA) is 32.3 Å². The standard InChI is InChI=1S/C17H20FNO/c1-12(2)13-3-5-14(6-4-13)17(20)11-19-16-9-7-15(18)8-10-16/h3-10,12,17,19-20H,11H2,1-2H3. The van der Waals surface area contributed by atoms with Crippen LogP contribution in [0.3, 0.4) is 0 Å². The second-order valence-corrected chi connectivity index (χ2v) is 5.22. The summed E-state index contributed by atoms with van der Waals surface area (Å²) >= 11 is 0. The van der Waals surface area contributed by atoms with Crippen LogP contribution in [0.2, 0.25) is 0 Å². The zero-order valence-corrected chi connectivity index (χ0v) is 11.8. The van der Waals surface area contributed by atoms with Gasteiger partial charge in [0.2, 0.25) is 0 Å². The van der Waals surface area contributed by atoms with Gasteiger partial charge >= 0.3 is 0 Å². The zero-order valence-electron chi connectivity index (χ0n) is 11.8. The summed E-state index contributed by atoms with van der Waals surface area (Å²) in [6.07, 6.45) is -0.582. The van der Waals surface area contributed by atoms with E-state index in [9.17, 15) is 9.50 Å². The van der Waals surface area contributed by atoms with Crippen LogP contribution < -0.4 is 5.32 Å². The SMILES string of the molecule is CC(C)c1ccc(C(O)CNc2ccc(F)cc2)cc1. The molecule has 0 heterocycles. The number of nitrogens with one attached hydrogen (secondary N) is 1. The second kappa shape index (κ2) is 6.53. The van der Waals surface area contributed by atoms with Crippen molar-refractivity contribution in [2.24, 2.45) is 0 Å². The van der Waals surface area contributed by atoms with Gasteiger partial charge in [-0.05, 0) is 41.3 Å². The van der Waals surface area contributed by atoms with Crippen molar-refractivity contribution in [3.8, 4) is 0 Å². The van der Waals surface area contributed by atoms with E-state index in [1.54, 1.807) is 12.1 Å². The Kier molecular flexibility index (Phi) is 4.74. The highest BCUT2D eigenvalue weighted by molar-refractivity contribution is 5.43. The van der Waals surface area contributed by atoms with E-state index in [1.165, 1.54) is 17.7 Å². The van der Waals surface area contributed by atoms with E-state index in [0.717, 1.165) is 11.3 Å². The lowest BCUT2D eigenvalue weighted by Crippen LogP contribution is -2.12. The zero-order chi connectivity index (χ0) is 14.5. The van der Waals surface area contributed by atoms with E-state index in [2.05, 4.69) is 19.2 Å². The third-order valence-electron chi connectivity index (χ3n) is 3.33.